The zero-order valence-corrected chi connectivity index (χ0v) is 11.7. The van der Waals surface area contributed by atoms with Crippen LogP contribution < -0.4 is 0 Å². The fourth-order valence-corrected chi connectivity index (χ4v) is 3.21. The summed E-state index contributed by atoms with van der Waals surface area (Å²) in [6.45, 7) is 10.4. The molecule has 0 heterocycles. The predicted molar refractivity (Wildman–Crippen MR) is 64.4 cm³/mol. The molecule has 0 aromatic rings. The zero-order chi connectivity index (χ0) is 12.9. The van der Waals surface area contributed by atoms with Crippen LogP contribution in [-0.2, 0) is 13.6 Å². The third-order valence-corrected chi connectivity index (χ3v) is 4.71. The Hall–Kier alpha value is -0.380. The summed E-state index contributed by atoms with van der Waals surface area (Å²) in [7, 11) is -3.29. The summed E-state index contributed by atoms with van der Waals surface area (Å²) >= 11 is 0. The summed E-state index contributed by atoms with van der Waals surface area (Å²) < 4.78 is 23.2. The molecule has 5 nitrogen and oxygen atoms in total. The lowest BCUT2D eigenvalue weighted by molar-refractivity contribution is 0.140. The first-order valence-corrected chi connectivity index (χ1v) is 6.99. The second kappa shape index (κ2) is 6.38. The lowest BCUT2D eigenvalue weighted by Crippen LogP contribution is -2.21. The molecule has 0 saturated carbocycles. The Morgan fingerprint density at radius 2 is 1.50 bits per heavy atom. The first-order chi connectivity index (χ1) is 7.23. The van der Waals surface area contributed by atoms with E-state index in [1.54, 1.807) is 41.5 Å². The minimum atomic E-state index is -3.29. The molecule has 0 bridgehead atoms. The molecule has 0 fully saturated rings. The van der Waals surface area contributed by atoms with E-state index in [4.69, 9.17) is 14.3 Å². The van der Waals surface area contributed by atoms with Crippen LogP contribution in [0.5, 0.6) is 0 Å². The minimum Gasteiger partial charge on any atom is -0.411 e. The van der Waals surface area contributed by atoms with Crippen LogP contribution in [0.25, 0.3) is 0 Å². The van der Waals surface area contributed by atoms with Crippen molar-refractivity contribution < 1.29 is 18.8 Å². The number of hydrogen-bond acceptors (Lipinski definition) is 5. The van der Waals surface area contributed by atoms with Crippen molar-refractivity contribution in [2.24, 2.45) is 5.16 Å². The van der Waals surface area contributed by atoms with Crippen molar-refractivity contribution in [3.8, 4) is 0 Å². The van der Waals surface area contributed by atoms with Gasteiger partial charge in [-0.2, -0.15) is 0 Å². The number of rotatable bonds is 6. The summed E-state index contributed by atoms with van der Waals surface area (Å²) in [6, 6.07) is 0. The van der Waals surface area contributed by atoms with Crippen LogP contribution in [0.2, 0.25) is 0 Å². The molecule has 0 saturated heterocycles. The third-order valence-electron chi connectivity index (χ3n) is 1.95. The Bertz CT molecular complexity index is 275. The predicted octanol–water partition coefficient (Wildman–Crippen LogP) is 3.27. The van der Waals surface area contributed by atoms with Crippen LogP contribution in [-0.4, -0.2) is 28.8 Å². The molecule has 0 aromatic carbocycles. The highest BCUT2D eigenvalue weighted by molar-refractivity contribution is 7.55. The molecule has 0 rings (SSSR count). The smallest absolute Gasteiger partial charge is 0.339 e. The number of hydrogen-bond donors (Lipinski definition) is 1. The molecule has 96 valence electrons. The molecule has 1 atom stereocenters. The van der Waals surface area contributed by atoms with Gasteiger partial charge in [0.25, 0.3) is 0 Å². The molecule has 0 aliphatic heterocycles. The Balaban J connectivity index is 4.99. The second-order valence-electron chi connectivity index (χ2n) is 4.27. The van der Waals surface area contributed by atoms with E-state index in [0.717, 1.165) is 0 Å². The van der Waals surface area contributed by atoms with Crippen LogP contribution in [0.15, 0.2) is 5.16 Å². The van der Waals surface area contributed by atoms with E-state index in [1.807, 2.05) is 0 Å². The van der Waals surface area contributed by atoms with E-state index in [2.05, 4.69) is 5.16 Å². The number of oxime groups is 1. The Labute approximate surface area is 97.4 Å². The summed E-state index contributed by atoms with van der Waals surface area (Å²) in [5, 5.41) is 11.7. The van der Waals surface area contributed by atoms with Crippen molar-refractivity contribution in [1.82, 2.24) is 0 Å². The molecule has 0 radical (unpaired) electrons. The van der Waals surface area contributed by atoms with Gasteiger partial charge in [-0.15, -0.1) is 0 Å². The van der Waals surface area contributed by atoms with E-state index in [-0.39, 0.29) is 12.2 Å². The molecule has 1 unspecified atom stereocenters. The highest BCUT2D eigenvalue weighted by Gasteiger charge is 2.36. The maximum absolute atomic E-state index is 12.5. The lowest BCUT2D eigenvalue weighted by Gasteiger charge is -2.27. The average molecular weight is 251 g/mol. The molecular weight excluding hydrogens is 229 g/mol. The number of nitrogens with zero attached hydrogens (tertiary/aromatic N) is 1. The summed E-state index contributed by atoms with van der Waals surface area (Å²) in [4.78, 5) is 0. The minimum absolute atomic E-state index is 0.210. The largest absolute Gasteiger partial charge is 0.411 e. The second-order valence-corrected chi connectivity index (χ2v) is 6.54. The van der Waals surface area contributed by atoms with Gasteiger partial charge in [0.15, 0.2) is 0 Å². The van der Waals surface area contributed by atoms with Gasteiger partial charge >= 0.3 is 7.60 Å². The van der Waals surface area contributed by atoms with Crippen molar-refractivity contribution >= 4 is 13.3 Å². The average Bonchev–Trinajstić information content (AvgIpc) is 2.12. The van der Waals surface area contributed by atoms with Gasteiger partial charge in [0, 0.05) is 0 Å². The van der Waals surface area contributed by atoms with Crippen LogP contribution in [0.4, 0.5) is 0 Å². The zero-order valence-electron chi connectivity index (χ0n) is 10.8. The Morgan fingerprint density at radius 3 is 1.75 bits per heavy atom. The van der Waals surface area contributed by atoms with E-state index in [0.29, 0.717) is 5.71 Å². The topological polar surface area (TPSA) is 68.1 Å². The molecule has 1 N–H and O–H groups in total. The van der Waals surface area contributed by atoms with Gasteiger partial charge in [0.05, 0.1) is 23.6 Å². The highest BCUT2D eigenvalue weighted by Crippen LogP contribution is 2.55. The standard InChI is InChI=1S/C10H22NO4P/c1-7(2)14-16(13,15-8(3)4)10(6)9(5)11-12/h7-8,10,12H,1-6H3. The maximum Gasteiger partial charge on any atom is 0.339 e. The first kappa shape index (κ1) is 15.6. The van der Waals surface area contributed by atoms with Gasteiger partial charge in [0.2, 0.25) is 0 Å². The Kier molecular flexibility index (Phi) is 6.23. The molecule has 0 aliphatic carbocycles. The normalized spacial score (nSPS) is 15.9. The fourth-order valence-electron chi connectivity index (χ4n) is 1.11. The highest BCUT2D eigenvalue weighted by atomic mass is 31.2. The van der Waals surface area contributed by atoms with Gasteiger partial charge in [-0.3, -0.25) is 4.57 Å². The van der Waals surface area contributed by atoms with Crippen LogP contribution in [0.3, 0.4) is 0 Å². The van der Waals surface area contributed by atoms with Crippen molar-refractivity contribution in [2.45, 2.75) is 59.4 Å². The van der Waals surface area contributed by atoms with Crippen LogP contribution in [0.1, 0.15) is 41.5 Å². The molecule has 6 heteroatoms. The van der Waals surface area contributed by atoms with Gasteiger partial charge < -0.3 is 14.3 Å². The summed E-state index contributed by atoms with van der Waals surface area (Å²) in [5.74, 6) is 0. The van der Waals surface area contributed by atoms with Crippen LogP contribution in [0, 0.1) is 0 Å². The third kappa shape index (κ3) is 4.64. The van der Waals surface area contributed by atoms with Gasteiger partial charge in [-0.05, 0) is 41.5 Å². The van der Waals surface area contributed by atoms with E-state index >= 15 is 0 Å². The maximum atomic E-state index is 12.5. The van der Waals surface area contributed by atoms with Gasteiger partial charge in [-0.25, -0.2) is 0 Å². The van der Waals surface area contributed by atoms with Gasteiger partial charge in [0.1, 0.15) is 0 Å². The quantitative estimate of drug-likeness (QED) is 0.340. The first-order valence-electron chi connectivity index (χ1n) is 5.38. The molecule has 0 aromatic heterocycles. The summed E-state index contributed by atoms with van der Waals surface area (Å²) in [6.07, 6.45) is -0.419. The van der Waals surface area contributed by atoms with Crippen LogP contribution >= 0.6 is 7.60 Å². The molecule has 0 spiro atoms. The fraction of sp³-hybridized carbons (Fsp3) is 0.900. The van der Waals surface area contributed by atoms with E-state index in [1.165, 1.54) is 0 Å². The van der Waals surface area contributed by atoms with Crippen molar-refractivity contribution in [1.29, 1.82) is 0 Å². The monoisotopic (exact) mass is 251 g/mol. The summed E-state index contributed by atoms with van der Waals surface area (Å²) in [5.41, 5.74) is -0.216. The SMILES string of the molecule is CC(=NO)C(C)P(=O)(OC(C)C)OC(C)C. The molecule has 0 amide bonds. The van der Waals surface area contributed by atoms with Crippen molar-refractivity contribution in [3.63, 3.8) is 0 Å². The van der Waals surface area contributed by atoms with Crippen molar-refractivity contribution in [2.75, 3.05) is 0 Å². The Morgan fingerprint density at radius 1 is 1.12 bits per heavy atom. The van der Waals surface area contributed by atoms with E-state index in [9.17, 15) is 4.57 Å². The molecule has 16 heavy (non-hydrogen) atoms. The lowest BCUT2D eigenvalue weighted by atomic mass is 10.3. The van der Waals surface area contributed by atoms with Gasteiger partial charge in [-0.1, -0.05) is 5.16 Å². The van der Waals surface area contributed by atoms with Crippen molar-refractivity contribution in [3.05, 3.63) is 0 Å². The molecular formula is C10H22NO4P. The van der Waals surface area contributed by atoms with E-state index < -0.39 is 13.3 Å². The molecule has 0 aliphatic rings.